The average molecular weight is 580 g/mol. The van der Waals surface area contributed by atoms with Gasteiger partial charge in [-0.25, -0.2) is 4.79 Å². The van der Waals surface area contributed by atoms with E-state index in [0.717, 1.165) is 43.5 Å². The van der Waals surface area contributed by atoms with E-state index in [2.05, 4.69) is 26.9 Å². The summed E-state index contributed by atoms with van der Waals surface area (Å²) in [5.74, 6) is 0.0602. The van der Waals surface area contributed by atoms with Crippen LogP contribution in [0.25, 0.3) is 0 Å². The molecule has 0 amide bonds. The van der Waals surface area contributed by atoms with E-state index >= 15 is 0 Å². The third-order valence-electron chi connectivity index (χ3n) is 7.96. The minimum atomic E-state index is -2.09. The number of carbonyl (C=O) groups excluding carboxylic acids is 2. The highest BCUT2D eigenvalue weighted by molar-refractivity contribution is 9.10. The maximum Gasteiger partial charge on any atom is 0.339 e. The Hall–Kier alpha value is -2.30. The second-order valence-corrected chi connectivity index (χ2v) is 13.1. The maximum atomic E-state index is 13.7. The molecule has 9 nitrogen and oxygen atoms in total. The van der Waals surface area contributed by atoms with Crippen molar-refractivity contribution in [3.63, 3.8) is 0 Å². The summed E-state index contributed by atoms with van der Waals surface area (Å²) in [4.78, 5) is 28.4. The summed E-state index contributed by atoms with van der Waals surface area (Å²) in [6.07, 6.45) is 3.44. The number of ether oxygens (including phenoxy) is 5. The summed E-state index contributed by atoms with van der Waals surface area (Å²) in [6.45, 7) is 5.57. The van der Waals surface area contributed by atoms with Crippen molar-refractivity contribution in [2.75, 3.05) is 34.1 Å². The summed E-state index contributed by atoms with van der Waals surface area (Å²) in [5.41, 5.74) is -0.356. The van der Waals surface area contributed by atoms with Gasteiger partial charge in [-0.2, -0.15) is 0 Å². The first kappa shape index (κ1) is 26.3. The number of hydrogen-bond donors (Lipinski definition) is 1. The Kier molecular flexibility index (Phi) is 6.73. The highest BCUT2D eigenvalue weighted by Crippen LogP contribution is 2.55. The van der Waals surface area contributed by atoms with Crippen LogP contribution in [0.1, 0.15) is 56.6 Å². The molecule has 1 aliphatic carbocycles. The Morgan fingerprint density at radius 3 is 2.62 bits per heavy atom. The SMILES string of the molecule is COC(=O)CC(O)(CC(C)(C)Br)C(=O)OC1C(OC)=C[C@]23CCCN2CCc2cc4c(cc2[C@H]13)OCO4. The van der Waals surface area contributed by atoms with Crippen LogP contribution in [0.5, 0.6) is 11.5 Å². The lowest BCUT2D eigenvalue weighted by Gasteiger charge is -2.40. The number of alkyl halides is 1. The lowest BCUT2D eigenvalue weighted by Crippen LogP contribution is -2.50. The molecule has 3 aliphatic heterocycles. The molecular weight excluding hydrogens is 546 g/mol. The van der Waals surface area contributed by atoms with Crippen LogP contribution >= 0.6 is 15.9 Å². The van der Waals surface area contributed by atoms with E-state index in [9.17, 15) is 14.7 Å². The van der Waals surface area contributed by atoms with Crippen molar-refractivity contribution < 1.29 is 38.4 Å². The highest BCUT2D eigenvalue weighted by atomic mass is 79.9. The van der Waals surface area contributed by atoms with Crippen LogP contribution in [-0.4, -0.2) is 77.6 Å². The average Bonchev–Trinajstić information content (AvgIpc) is 3.51. The molecule has 0 radical (unpaired) electrons. The topological polar surface area (TPSA) is 104 Å². The van der Waals surface area contributed by atoms with E-state index in [-0.39, 0.29) is 19.1 Å². The number of rotatable bonds is 7. The van der Waals surface area contributed by atoms with Gasteiger partial charge in [-0.3, -0.25) is 9.69 Å². The number of methoxy groups -OCH3 is 2. The van der Waals surface area contributed by atoms with Crippen LogP contribution in [0.3, 0.4) is 0 Å². The molecule has 202 valence electrons. The van der Waals surface area contributed by atoms with Crippen molar-refractivity contribution in [2.45, 2.75) is 73.4 Å². The van der Waals surface area contributed by atoms with Gasteiger partial charge in [0.25, 0.3) is 0 Å². The fraction of sp³-hybridized carbons (Fsp3) is 0.630. The van der Waals surface area contributed by atoms with Gasteiger partial charge >= 0.3 is 11.9 Å². The van der Waals surface area contributed by atoms with Gasteiger partial charge in [-0.1, -0.05) is 15.9 Å². The zero-order valence-corrected chi connectivity index (χ0v) is 23.3. The smallest absolute Gasteiger partial charge is 0.339 e. The predicted molar refractivity (Wildman–Crippen MR) is 137 cm³/mol. The Bertz CT molecular complexity index is 1130. The minimum absolute atomic E-state index is 0.0517. The zero-order chi connectivity index (χ0) is 26.6. The molecule has 5 rings (SSSR count). The number of halogens is 1. The lowest BCUT2D eigenvalue weighted by molar-refractivity contribution is -0.178. The van der Waals surface area contributed by atoms with Crippen molar-refractivity contribution in [1.82, 2.24) is 4.90 Å². The standard InChI is InChI=1S/C27H34BrNO8/c1-25(2,28)14-27(32,13-21(30)34-4)24(31)37-23-20(33-3)12-26-7-5-8-29(26)9-6-16-10-18-19(36-15-35-18)11-17(16)22(23)26/h10-12,22-23,32H,5-9,13-15H2,1-4H3/t22-,23?,26+,27?/m1/s1. The molecule has 1 saturated heterocycles. The van der Waals surface area contributed by atoms with E-state index in [0.29, 0.717) is 17.3 Å². The normalized spacial score (nSPS) is 27.8. The first-order chi connectivity index (χ1) is 17.5. The number of nitrogens with zero attached hydrogens (tertiary/aromatic N) is 1. The Morgan fingerprint density at radius 1 is 1.22 bits per heavy atom. The van der Waals surface area contributed by atoms with Gasteiger partial charge in [0.1, 0.15) is 5.76 Å². The van der Waals surface area contributed by atoms with E-state index in [1.807, 2.05) is 26.0 Å². The van der Waals surface area contributed by atoms with Crippen LogP contribution in [-0.2, 0) is 30.2 Å². The molecule has 37 heavy (non-hydrogen) atoms. The molecule has 3 heterocycles. The van der Waals surface area contributed by atoms with Crippen LogP contribution in [0.2, 0.25) is 0 Å². The predicted octanol–water partition coefficient (Wildman–Crippen LogP) is 3.20. The van der Waals surface area contributed by atoms with Gasteiger partial charge < -0.3 is 28.8 Å². The molecule has 1 spiro atoms. The Morgan fingerprint density at radius 2 is 1.95 bits per heavy atom. The summed E-state index contributed by atoms with van der Waals surface area (Å²) in [6, 6.07) is 4.03. The largest absolute Gasteiger partial charge is 0.497 e. The van der Waals surface area contributed by atoms with Gasteiger partial charge in [0, 0.05) is 17.3 Å². The Balaban J connectivity index is 1.56. The second kappa shape index (κ2) is 9.47. The van der Waals surface area contributed by atoms with Crippen LogP contribution in [0.4, 0.5) is 0 Å². The first-order valence-electron chi connectivity index (χ1n) is 12.6. The van der Waals surface area contributed by atoms with E-state index in [4.69, 9.17) is 23.7 Å². The monoisotopic (exact) mass is 579 g/mol. The number of aliphatic hydroxyl groups is 1. The molecule has 1 aromatic carbocycles. The quantitative estimate of drug-likeness (QED) is 0.385. The van der Waals surface area contributed by atoms with E-state index < -0.39 is 39.9 Å². The Labute approximate surface area is 225 Å². The molecule has 0 aromatic heterocycles. The van der Waals surface area contributed by atoms with Crippen LogP contribution in [0, 0.1) is 0 Å². The van der Waals surface area contributed by atoms with Crippen molar-refractivity contribution in [2.24, 2.45) is 0 Å². The summed E-state index contributed by atoms with van der Waals surface area (Å²) in [7, 11) is 2.79. The van der Waals surface area contributed by atoms with Crippen LogP contribution < -0.4 is 9.47 Å². The number of benzene rings is 1. The summed E-state index contributed by atoms with van der Waals surface area (Å²) < 4.78 is 27.5. The van der Waals surface area contributed by atoms with Crippen molar-refractivity contribution in [3.05, 3.63) is 35.1 Å². The molecule has 10 heteroatoms. The third kappa shape index (κ3) is 4.61. The van der Waals surface area contributed by atoms with Crippen molar-refractivity contribution in [3.8, 4) is 11.5 Å². The van der Waals surface area contributed by atoms with Gasteiger partial charge in [0.2, 0.25) is 6.79 Å². The van der Waals surface area contributed by atoms with Crippen LogP contribution in [0.15, 0.2) is 24.0 Å². The maximum absolute atomic E-state index is 13.7. The zero-order valence-electron chi connectivity index (χ0n) is 21.7. The van der Waals surface area contributed by atoms with E-state index in [1.54, 1.807) is 7.11 Å². The molecule has 1 aromatic rings. The van der Waals surface area contributed by atoms with Crippen molar-refractivity contribution in [1.29, 1.82) is 0 Å². The fourth-order valence-electron chi connectivity index (χ4n) is 6.53. The molecule has 1 N–H and O–H groups in total. The number of carbonyl (C=O) groups is 2. The van der Waals surface area contributed by atoms with Gasteiger partial charge in [0.15, 0.2) is 23.2 Å². The number of hydrogen-bond acceptors (Lipinski definition) is 9. The highest BCUT2D eigenvalue weighted by Gasteiger charge is 2.59. The third-order valence-corrected chi connectivity index (χ3v) is 8.24. The van der Waals surface area contributed by atoms with Gasteiger partial charge in [0.05, 0.1) is 32.1 Å². The van der Waals surface area contributed by atoms with E-state index in [1.165, 1.54) is 7.11 Å². The number of esters is 2. The molecule has 4 atom stereocenters. The molecule has 0 saturated carbocycles. The molecule has 2 unspecified atom stereocenters. The minimum Gasteiger partial charge on any atom is -0.497 e. The molecule has 0 bridgehead atoms. The van der Waals surface area contributed by atoms with Gasteiger partial charge in [-0.15, -0.1) is 0 Å². The molecule has 1 fully saturated rings. The number of fused-ring (bicyclic) bond motifs is 3. The summed E-state index contributed by atoms with van der Waals surface area (Å²) in [5, 5.41) is 11.5. The molecular formula is C27H34BrNO8. The van der Waals surface area contributed by atoms with Crippen molar-refractivity contribution >= 4 is 27.9 Å². The molecule has 4 aliphatic rings. The lowest BCUT2D eigenvalue weighted by atomic mass is 9.77. The fourth-order valence-corrected chi connectivity index (χ4v) is 7.00. The first-order valence-corrected chi connectivity index (χ1v) is 13.4. The summed E-state index contributed by atoms with van der Waals surface area (Å²) >= 11 is 3.50. The van der Waals surface area contributed by atoms with Gasteiger partial charge in [-0.05, 0) is 69.0 Å². The second-order valence-electron chi connectivity index (χ2n) is 11.0.